The maximum atomic E-state index is 12.0. The van der Waals surface area contributed by atoms with Crippen LogP contribution in [0, 0.1) is 5.41 Å². The molecule has 0 aliphatic carbocycles. The van der Waals surface area contributed by atoms with Crippen LogP contribution in [-0.4, -0.2) is 25.1 Å². The van der Waals surface area contributed by atoms with Gasteiger partial charge in [0.1, 0.15) is 5.75 Å². The van der Waals surface area contributed by atoms with Crippen molar-refractivity contribution < 1.29 is 19.1 Å². The number of nitrogens with one attached hydrogen (secondary N) is 1. The molecule has 0 heterocycles. The molecule has 29 heavy (non-hydrogen) atoms. The molecule has 0 saturated carbocycles. The molecule has 0 radical (unpaired) electrons. The second-order valence-electron chi connectivity index (χ2n) is 7.51. The van der Waals surface area contributed by atoms with Gasteiger partial charge in [-0.1, -0.05) is 44.2 Å². The lowest BCUT2D eigenvalue weighted by Crippen LogP contribution is -2.24. The van der Waals surface area contributed by atoms with Crippen LogP contribution < -0.4 is 10.1 Å². The molecule has 0 aliphatic rings. The lowest BCUT2D eigenvalue weighted by atomic mass is 9.87. The van der Waals surface area contributed by atoms with Crippen LogP contribution in [0.2, 0.25) is 0 Å². The average molecular weight is 395 g/mol. The number of carbonyl (C=O) groups excluding carboxylic acids is 2. The molecule has 0 aliphatic heterocycles. The van der Waals surface area contributed by atoms with Gasteiger partial charge >= 0.3 is 11.9 Å². The van der Waals surface area contributed by atoms with E-state index < -0.39 is 0 Å². The summed E-state index contributed by atoms with van der Waals surface area (Å²) in [5.41, 5.74) is 1.84. The third-order valence-corrected chi connectivity index (χ3v) is 4.36. The Kier molecular flexibility index (Phi) is 8.46. The first-order valence-electron chi connectivity index (χ1n) is 9.82. The topological polar surface area (TPSA) is 64.6 Å². The Morgan fingerprint density at radius 3 is 2.38 bits per heavy atom. The van der Waals surface area contributed by atoms with Crippen molar-refractivity contribution in [3.63, 3.8) is 0 Å². The minimum absolute atomic E-state index is 0.0712. The molecule has 0 fully saturated rings. The Bertz CT molecular complexity index is 811. The summed E-state index contributed by atoms with van der Waals surface area (Å²) in [6.07, 6.45) is 4.22. The van der Waals surface area contributed by atoms with Crippen molar-refractivity contribution in [2.45, 2.75) is 33.6 Å². The summed E-state index contributed by atoms with van der Waals surface area (Å²) in [6, 6.07) is 16.9. The van der Waals surface area contributed by atoms with Crippen molar-refractivity contribution in [3.05, 3.63) is 66.2 Å². The molecule has 154 valence electrons. The van der Waals surface area contributed by atoms with E-state index in [1.54, 1.807) is 25.1 Å². The highest BCUT2D eigenvalue weighted by atomic mass is 16.5. The van der Waals surface area contributed by atoms with Crippen LogP contribution in [0.15, 0.2) is 60.7 Å². The molecular formula is C24H29NO4. The second-order valence-corrected chi connectivity index (χ2v) is 7.51. The maximum Gasteiger partial charge on any atom is 0.330 e. The fourth-order valence-corrected chi connectivity index (χ4v) is 2.61. The Hall–Kier alpha value is -3.08. The third-order valence-electron chi connectivity index (χ3n) is 4.36. The smallest absolute Gasteiger partial charge is 0.330 e. The summed E-state index contributed by atoms with van der Waals surface area (Å²) in [5, 5.41) is 3.40. The minimum Gasteiger partial charge on any atom is -0.463 e. The highest BCUT2D eigenvalue weighted by molar-refractivity contribution is 5.87. The van der Waals surface area contributed by atoms with Crippen LogP contribution in [0.25, 0.3) is 6.08 Å². The molecule has 5 nitrogen and oxygen atoms in total. The van der Waals surface area contributed by atoms with Crippen molar-refractivity contribution in [1.82, 2.24) is 0 Å². The lowest BCUT2D eigenvalue weighted by Gasteiger charge is -2.25. The predicted octanol–water partition coefficient (Wildman–Crippen LogP) is 5.09. The quantitative estimate of drug-likeness (QED) is 0.345. The van der Waals surface area contributed by atoms with Gasteiger partial charge in [0.2, 0.25) is 0 Å². The van der Waals surface area contributed by atoms with E-state index in [1.165, 1.54) is 6.08 Å². The van der Waals surface area contributed by atoms with E-state index in [4.69, 9.17) is 9.47 Å². The number of hydrogen-bond acceptors (Lipinski definition) is 5. The van der Waals surface area contributed by atoms with Gasteiger partial charge in [-0.05, 0) is 54.7 Å². The number of carbonyl (C=O) groups is 2. The summed E-state index contributed by atoms with van der Waals surface area (Å²) in [6.45, 7) is 7.10. The van der Waals surface area contributed by atoms with Gasteiger partial charge in [0.05, 0.1) is 6.61 Å². The molecule has 0 amide bonds. The first-order chi connectivity index (χ1) is 13.9. The van der Waals surface area contributed by atoms with E-state index in [0.717, 1.165) is 17.8 Å². The van der Waals surface area contributed by atoms with Gasteiger partial charge in [0.15, 0.2) is 0 Å². The normalized spacial score (nSPS) is 11.3. The molecule has 0 spiro atoms. The molecule has 2 aromatic carbocycles. The van der Waals surface area contributed by atoms with Gasteiger partial charge in [-0.3, -0.25) is 4.79 Å². The molecule has 0 bridgehead atoms. The van der Waals surface area contributed by atoms with E-state index >= 15 is 0 Å². The molecule has 0 unspecified atom stereocenters. The number of esters is 2. The molecule has 2 rings (SSSR count). The van der Waals surface area contributed by atoms with E-state index in [2.05, 4.69) is 19.2 Å². The Morgan fingerprint density at radius 1 is 1.03 bits per heavy atom. The van der Waals surface area contributed by atoms with Crippen molar-refractivity contribution in [1.29, 1.82) is 0 Å². The van der Waals surface area contributed by atoms with Crippen molar-refractivity contribution in [2.24, 2.45) is 5.41 Å². The van der Waals surface area contributed by atoms with E-state index in [0.29, 0.717) is 25.2 Å². The third kappa shape index (κ3) is 8.64. The van der Waals surface area contributed by atoms with E-state index in [1.807, 2.05) is 42.5 Å². The van der Waals surface area contributed by atoms with Crippen LogP contribution in [0.3, 0.4) is 0 Å². The van der Waals surface area contributed by atoms with Crippen molar-refractivity contribution in [2.75, 3.05) is 18.5 Å². The van der Waals surface area contributed by atoms with Crippen LogP contribution in [0.4, 0.5) is 5.69 Å². The second kappa shape index (κ2) is 11.1. The summed E-state index contributed by atoms with van der Waals surface area (Å²) in [5.74, 6) is 0.00906. The highest BCUT2D eigenvalue weighted by Gasteiger charge is 2.20. The molecule has 0 aromatic heterocycles. The predicted molar refractivity (Wildman–Crippen MR) is 116 cm³/mol. The van der Waals surface area contributed by atoms with E-state index in [-0.39, 0.29) is 17.4 Å². The molecule has 1 N–H and O–H groups in total. The summed E-state index contributed by atoms with van der Waals surface area (Å²) < 4.78 is 10.2. The van der Waals surface area contributed by atoms with Gasteiger partial charge < -0.3 is 14.8 Å². The average Bonchev–Trinajstić information content (AvgIpc) is 2.71. The summed E-state index contributed by atoms with van der Waals surface area (Å²) in [4.78, 5) is 23.4. The van der Waals surface area contributed by atoms with Gasteiger partial charge in [0.25, 0.3) is 0 Å². The monoisotopic (exact) mass is 395 g/mol. The van der Waals surface area contributed by atoms with E-state index in [9.17, 15) is 9.59 Å². The molecular weight excluding hydrogens is 366 g/mol. The molecule has 0 saturated heterocycles. The van der Waals surface area contributed by atoms with Gasteiger partial charge in [0, 0.05) is 24.7 Å². The summed E-state index contributed by atoms with van der Waals surface area (Å²) in [7, 11) is 0. The van der Waals surface area contributed by atoms with Crippen LogP contribution >= 0.6 is 0 Å². The largest absolute Gasteiger partial charge is 0.463 e. The minimum atomic E-state index is -0.345. The number of para-hydroxylation sites is 1. The lowest BCUT2D eigenvalue weighted by molar-refractivity contribution is -0.137. The maximum absolute atomic E-state index is 12.0. The zero-order valence-electron chi connectivity index (χ0n) is 17.3. The number of hydrogen-bond donors (Lipinski definition) is 1. The van der Waals surface area contributed by atoms with Crippen LogP contribution in [-0.2, 0) is 14.3 Å². The number of anilines is 1. The fourth-order valence-electron chi connectivity index (χ4n) is 2.61. The standard InChI is InChI=1S/C24H29NO4/c1-4-28-22(26)15-12-19-10-13-20(14-11-19)25-18-24(2,3)17-16-23(27)29-21-8-6-5-7-9-21/h5-15,25H,4,16-18H2,1-3H3. The van der Waals surface area contributed by atoms with Crippen molar-refractivity contribution in [3.8, 4) is 5.75 Å². The van der Waals surface area contributed by atoms with Crippen LogP contribution in [0.1, 0.15) is 39.2 Å². The highest BCUT2D eigenvalue weighted by Crippen LogP contribution is 2.24. The Morgan fingerprint density at radius 2 is 1.72 bits per heavy atom. The molecule has 2 aromatic rings. The number of rotatable bonds is 10. The first-order valence-corrected chi connectivity index (χ1v) is 9.82. The van der Waals surface area contributed by atoms with Gasteiger partial charge in [-0.15, -0.1) is 0 Å². The van der Waals surface area contributed by atoms with Gasteiger partial charge in [-0.25, -0.2) is 4.79 Å². The fraction of sp³-hybridized carbons (Fsp3) is 0.333. The van der Waals surface area contributed by atoms with Crippen molar-refractivity contribution >= 4 is 23.7 Å². The molecule has 5 heteroatoms. The zero-order chi connectivity index (χ0) is 21.1. The summed E-state index contributed by atoms with van der Waals surface area (Å²) >= 11 is 0. The van der Waals surface area contributed by atoms with Gasteiger partial charge in [-0.2, -0.15) is 0 Å². The SMILES string of the molecule is CCOC(=O)C=Cc1ccc(NCC(C)(C)CCC(=O)Oc2ccccc2)cc1. The zero-order valence-corrected chi connectivity index (χ0v) is 17.3. The van der Waals surface area contributed by atoms with Crippen LogP contribution in [0.5, 0.6) is 5.75 Å². The Labute approximate surface area is 172 Å². The Balaban J connectivity index is 1.77. The number of benzene rings is 2. The number of ether oxygens (including phenoxy) is 2. The first kappa shape index (κ1) is 22.2. The molecule has 0 atom stereocenters.